The molecule has 2 aliphatic heterocycles. The minimum Gasteiger partial charge on any atom is -0.378 e. The van der Waals surface area contributed by atoms with Crippen LogP contribution in [0.25, 0.3) is 0 Å². The van der Waals surface area contributed by atoms with Crippen molar-refractivity contribution in [2.45, 2.75) is 19.4 Å². The van der Waals surface area contributed by atoms with Crippen LogP contribution in [0.2, 0.25) is 0 Å². The van der Waals surface area contributed by atoms with Gasteiger partial charge < -0.3 is 19.9 Å². The molecule has 2 saturated heterocycles. The van der Waals surface area contributed by atoms with Crippen molar-refractivity contribution in [2.24, 2.45) is 0 Å². The molecule has 2 fully saturated rings. The summed E-state index contributed by atoms with van der Waals surface area (Å²) in [6.07, 6.45) is 2.23. The van der Waals surface area contributed by atoms with Gasteiger partial charge in [-0.2, -0.15) is 15.0 Å². The van der Waals surface area contributed by atoms with E-state index in [9.17, 15) is 9.18 Å². The summed E-state index contributed by atoms with van der Waals surface area (Å²) in [6.45, 7) is 4.70. The third kappa shape index (κ3) is 4.36. The highest BCUT2D eigenvalue weighted by molar-refractivity contribution is 5.94. The number of halogens is 1. The molecule has 9 heteroatoms. The number of benzene rings is 1. The zero-order valence-corrected chi connectivity index (χ0v) is 15.6. The van der Waals surface area contributed by atoms with Gasteiger partial charge in [-0.3, -0.25) is 4.79 Å². The molecule has 28 heavy (non-hydrogen) atoms. The van der Waals surface area contributed by atoms with Crippen LogP contribution in [0.15, 0.2) is 24.3 Å². The summed E-state index contributed by atoms with van der Waals surface area (Å²) in [5, 5.41) is 2.77. The number of nitrogens with one attached hydrogen (secondary N) is 1. The Hall–Kier alpha value is -2.81. The fraction of sp³-hybridized carbons (Fsp3) is 0.474. The molecule has 2 aromatic rings. The van der Waals surface area contributed by atoms with E-state index in [2.05, 4.69) is 30.1 Å². The molecule has 8 nitrogen and oxygen atoms in total. The minimum absolute atomic E-state index is 0.149. The highest BCUT2D eigenvalue weighted by Crippen LogP contribution is 2.19. The predicted octanol–water partition coefficient (Wildman–Crippen LogP) is 1.38. The molecule has 1 aromatic heterocycles. The number of carbonyl (C=O) groups is 1. The summed E-state index contributed by atoms with van der Waals surface area (Å²) in [5.74, 6) is 0.927. The standard InChI is InChI=1S/C19H23FN6O2/c20-15-5-3-4-14(12-15)17(27)21-13-16-22-18(25-6-1-2-7-25)24-19(23-16)26-8-10-28-11-9-26/h3-5,12H,1-2,6-11,13H2,(H,21,27). The van der Waals surface area contributed by atoms with Crippen LogP contribution in [0.4, 0.5) is 16.3 Å². The number of carbonyl (C=O) groups excluding carboxylic acids is 1. The fourth-order valence-electron chi connectivity index (χ4n) is 3.33. The first-order valence-electron chi connectivity index (χ1n) is 9.55. The highest BCUT2D eigenvalue weighted by atomic mass is 19.1. The lowest BCUT2D eigenvalue weighted by Gasteiger charge is -2.28. The van der Waals surface area contributed by atoms with Gasteiger partial charge in [0.1, 0.15) is 5.82 Å². The van der Waals surface area contributed by atoms with Crippen LogP contribution in [0.5, 0.6) is 0 Å². The Labute approximate surface area is 162 Å². The van der Waals surface area contributed by atoms with Crippen molar-refractivity contribution in [3.05, 3.63) is 41.5 Å². The lowest BCUT2D eigenvalue weighted by molar-refractivity contribution is 0.0949. The molecule has 0 saturated carbocycles. The maximum Gasteiger partial charge on any atom is 0.251 e. The summed E-state index contributed by atoms with van der Waals surface area (Å²) in [5.41, 5.74) is 0.266. The van der Waals surface area contributed by atoms with E-state index in [1.807, 2.05) is 0 Å². The van der Waals surface area contributed by atoms with E-state index in [-0.39, 0.29) is 18.0 Å². The van der Waals surface area contributed by atoms with E-state index in [0.29, 0.717) is 30.9 Å². The second kappa shape index (κ2) is 8.47. The average Bonchev–Trinajstić information content (AvgIpc) is 3.27. The zero-order valence-electron chi connectivity index (χ0n) is 15.6. The molecule has 1 amide bonds. The van der Waals surface area contributed by atoms with Crippen LogP contribution in [-0.4, -0.2) is 60.3 Å². The van der Waals surface area contributed by atoms with E-state index in [1.165, 1.54) is 18.2 Å². The topological polar surface area (TPSA) is 83.5 Å². The molecule has 3 heterocycles. The fourth-order valence-corrected chi connectivity index (χ4v) is 3.33. The molecule has 148 valence electrons. The average molecular weight is 386 g/mol. The smallest absolute Gasteiger partial charge is 0.251 e. The Bertz CT molecular complexity index is 837. The van der Waals surface area contributed by atoms with E-state index < -0.39 is 5.82 Å². The van der Waals surface area contributed by atoms with Gasteiger partial charge in [0, 0.05) is 31.7 Å². The van der Waals surface area contributed by atoms with Crippen molar-refractivity contribution in [3.8, 4) is 0 Å². The SMILES string of the molecule is O=C(NCc1nc(N2CCCC2)nc(N2CCOCC2)n1)c1cccc(F)c1. The van der Waals surface area contributed by atoms with Crippen LogP contribution in [0, 0.1) is 5.82 Å². The van der Waals surface area contributed by atoms with Crippen LogP contribution in [-0.2, 0) is 11.3 Å². The quantitative estimate of drug-likeness (QED) is 0.831. The molecule has 4 rings (SSSR count). The van der Waals surface area contributed by atoms with Gasteiger partial charge >= 0.3 is 0 Å². The zero-order chi connectivity index (χ0) is 19.3. The van der Waals surface area contributed by atoms with Crippen molar-refractivity contribution in [1.82, 2.24) is 20.3 Å². The van der Waals surface area contributed by atoms with Gasteiger partial charge in [0.2, 0.25) is 11.9 Å². The lowest BCUT2D eigenvalue weighted by Crippen LogP contribution is -2.38. The largest absolute Gasteiger partial charge is 0.378 e. The molecule has 0 atom stereocenters. The van der Waals surface area contributed by atoms with E-state index in [0.717, 1.165) is 39.0 Å². The summed E-state index contributed by atoms with van der Waals surface area (Å²) >= 11 is 0. The molecular weight excluding hydrogens is 363 g/mol. The summed E-state index contributed by atoms with van der Waals surface area (Å²) in [6, 6.07) is 5.59. The van der Waals surface area contributed by atoms with Crippen molar-refractivity contribution < 1.29 is 13.9 Å². The van der Waals surface area contributed by atoms with Gasteiger partial charge in [0.15, 0.2) is 5.82 Å². The van der Waals surface area contributed by atoms with Crippen LogP contribution >= 0.6 is 0 Å². The second-order valence-corrected chi connectivity index (χ2v) is 6.84. The maximum atomic E-state index is 13.3. The first-order valence-corrected chi connectivity index (χ1v) is 9.55. The number of amides is 1. The van der Waals surface area contributed by atoms with Crippen LogP contribution in [0.1, 0.15) is 29.0 Å². The lowest BCUT2D eigenvalue weighted by atomic mass is 10.2. The number of hydrogen-bond donors (Lipinski definition) is 1. The summed E-state index contributed by atoms with van der Waals surface area (Å²) in [7, 11) is 0. The number of ether oxygens (including phenoxy) is 1. The minimum atomic E-state index is -0.446. The summed E-state index contributed by atoms with van der Waals surface area (Å²) in [4.78, 5) is 30.3. The van der Waals surface area contributed by atoms with Crippen molar-refractivity contribution in [3.63, 3.8) is 0 Å². The first-order chi connectivity index (χ1) is 13.7. The van der Waals surface area contributed by atoms with E-state index in [1.54, 1.807) is 6.07 Å². The molecule has 0 unspecified atom stereocenters. The number of rotatable bonds is 5. The predicted molar refractivity (Wildman–Crippen MR) is 102 cm³/mol. The number of anilines is 2. The third-order valence-electron chi connectivity index (χ3n) is 4.83. The van der Waals surface area contributed by atoms with E-state index in [4.69, 9.17) is 4.74 Å². The van der Waals surface area contributed by atoms with Gasteiger partial charge in [-0.1, -0.05) is 6.07 Å². The molecule has 0 aliphatic carbocycles. The van der Waals surface area contributed by atoms with Gasteiger partial charge in [0.25, 0.3) is 5.91 Å². The maximum absolute atomic E-state index is 13.3. The molecule has 0 bridgehead atoms. The molecule has 0 spiro atoms. The van der Waals surface area contributed by atoms with Gasteiger partial charge in [-0.15, -0.1) is 0 Å². The highest BCUT2D eigenvalue weighted by Gasteiger charge is 2.21. The van der Waals surface area contributed by atoms with Crippen molar-refractivity contribution >= 4 is 17.8 Å². The second-order valence-electron chi connectivity index (χ2n) is 6.84. The van der Waals surface area contributed by atoms with Gasteiger partial charge in [-0.25, -0.2) is 4.39 Å². The Morgan fingerprint density at radius 2 is 1.71 bits per heavy atom. The normalized spacial score (nSPS) is 17.0. The van der Waals surface area contributed by atoms with Crippen LogP contribution in [0.3, 0.4) is 0 Å². The van der Waals surface area contributed by atoms with Crippen molar-refractivity contribution in [2.75, 3.05) is 49.2 Å². The van der Waals surface area contributed by atoms with Gasteiger partial charge in [0.05, 0.1) is 19.8 Å². The van der Waals surface area contributed by atoms with Crippen LogP contribution < -0.4 is 15.1 Å². The van der Waals surface area contributed by atoms with Crippen molar-refractivity contribution in [1.29, 1.82) is 0 Å². The number of aromatic nitrogens is 3. The van der Waals surface area contributed by atoms with E-state index >= 15 is 0 Å². The Morgan fingerprint density at radius 3 is 2.39 bits per heavy atom. The number of morpholine rings is 1. The Balaban J connectivity index is 1.52. The third-order valence-corrected chi connectivity index (χ3v) is 4.83. The summed E-state index contributed by atoms with van der Waals surface area (Å²) < 4.78 is 18.7. The molecule has 1 aromatic carbocycles. The molecule has 1 N–H and O–H groups in total. The monoisotopic (exact) mass is 386 g/mol. The number of nitrogens with zero attached hydrogens (tertiary/aromatic N) is 5. The Kier molecular flexibility index (Phi) is 5.61. The molecule has 2 aliphatic rings. The number of hydrogen-bond acceptors (Lipinski definition) is 7. The Morgan fingerprint density at radius 1 is 1.04 bits per heavy atom. The van der Waals surface area contributed by atoms with Gasteiger partial charge in [-0.05, 0) is 31.0 Å². The first kappa shape index (κ1) is 18.5. The molecular formula is C19H23FN6O2. The molecule has 0 radical (unpaired) electrons.